The highest BCUT2D eigenvalue weighted by atomic mass is 79.9. The zero-order chi connectivity index (χ0) is 9.26. The summed E-state index contributed by atoms with van der Waals surface area (Å²) in [6.45, 7) is 2.09. The lowest BCUT2D eigenvalue weighted by molar-refractivity contribution is 1.06. The van der Waals surface area contributed by atoms with Crippen LogP contribution in [-0.4, -0.2) is 4.57 Å². The Morgan fingerprint density at radius 1 is 1.08 bits per heavy atom. The van der Waals surface area contributed by atoms with Crippen molar-refractivity contribution in [2.45, 2.75) is 6.92 Å². The molecule has 66 valence electrons. The van der Waals surface area contributed by atoms with Gasteiger partial charge in [0.15, 0.2) is 0 Å². The van der Waals surface area contributed by atoms with E-state index in [1.165, 1.54) is 11.3 Å². The number of hydrogen-bond donors (Lipinski definition) is 0. The Morgan fingerprint density at radius 2 is 1.77 bits per heavy atom. The molecule has 0 aliphatic heterocycles. The molecule has 0 unspecified atom stereocenters. The minimum Gasteiger partial charge on any atom is -0.323 e. The van der Waals surface area contributed by atoms with E-state index in [0.29, 0.717) is 0 Å². The second kappa shape index (κ2) is 3.38. The van der Waals surface area contributed by atoms with E-state index in [9.17, 15) is 0 Å². The summed E-state index contributed by atoms with van der Waals surface area (Å²) in [5.41, 5.74) is 2.44. The van der Waals surface area contributed by atoms with Crippen molar-refractivity contribution >= 4 is 15.9 Å². The van der Waals surface area contributed by atoms with Gasteiger partial charge in [-0.2, -0.15) is 0 Å². The summed E-state index contributed by atoms with van der Waals surface area (Å²) in [6, 6.07) is 10.3. The first-order valence-electron chi connectivity index (χ1n) is 4.17. The predicted molar refractivity (Wildman–Crippen MR) is 58.2 cm³/mol. The highest BCUT2D eigenvalue weighted by molar-refractivity contribution is 9.10. The maximum Gasteiger partial charge on any atom is 0.0594 e. The van der Waals surface area contributed by atoms with E-state index >= 15 is 0 Å². The van der Waals surface area contributed by atoms with E-state index in [2.05, 4.69) is 45.6 Å². The molecule has 1 aromatic heterocycles. The number of nitrogens with zero attached hydrogens (tertiary/aromatic N) is 1. The molecule has 0 N–H and O–H groups in total. The third kappa shape index (κ3) is 1.54. The summed E-state index contributed by atoms with van der Waals surface area (Å²) in [6.07, 6.45) is 4.08. The Balaban J connectivity index is 2.59. The van der Waals surface area contributed by atoms with Crippen molar-refractivity contribution in [2.75, 3.05) is 0 Å². The van der Waals surface area contributed by atoms with Crippen LogP contribution in [0, 0.1) is 6.92 Å². The number of benzene rings is 1. The van der Waals surface area contributed by atoms with E-state index in [0.717, 1.165) is 4.47 Å². The highest BCUT2D eigenvalue weighted by Gasteiger charge is 2.02. The monoisotopic (exact) mass is 235 g/mol. The van der Waals surface area contributed by atoms with Crippen molar-refractivity contribution in [2.24, 2.45) is 0 Å². The van der Waals surface area contributed by atoms with Crippen LogP contribution in [0.5, 0.6) is 0 Å². The van der Waals surface area contributed by atoms with Crippen LogP contribution >= 0.6 is 15.9 Å². The molecule has 0 saturated heterocycles. The molecule has 1 aromatic carbocycles. The normalized spacial score (nSPS) is 10.3. The Bertz CT molecular complexity index is 404. The average Bonchev–Trinajstić information content (AvgIpc) is 2.62. The first-order chi connectivity index (χ1) is 6.29. The lowest BCUT2D eigenvalue weighted by Crippen LogP contribution is -1.92. The van der Waals surface area contributed by atoms with Crippen molar-refractivity contribution in [3.63, 3.8) is 0 Å². The summed E-state index contributed by atoms with van der Waals surface area (Å²) in [4.78, 5) is 0. The lowest BCUT2D eigenvalue weighted by atomic mass is 10.2. The Hall–Kier alpha value is -1.02. The molecule has 0 atom stereocenters. The molecule has 0 fully saturated rings. The molecule has 1 heterocycles. The van der Waals surface area contributed by atoms with Crippen molar-refractivity contribution in [3.05, 3.63) is 52.8 Å². The van der Waals surface area contributed by atoms with E-state index in [1.54, 1.807) is 0 Å². The molecular formula is C11H10BrN. The van der Waals surface area contributed by atoms with E-state index in [1.807, 2.05) is 24.5 Å². The molecule has 0 radical (unpaired) electrons. The first kappa shape index (κ1) is 8.57. The fourth-order valence-electron chi connectivity index (χ4n) is 1.33. The van der Waals surface area contributed by atoms with Gasteiger partial charge in [-0.1, -0.05) is 12.1 Å². The zero-order valence-electron chi connectivity index (χ0n) is 7.37. The van der Waals surface area contributed by atoms with Crippen LogP contribution in [-0.2, 0) is 0 Å². The van der Waals surface area contributed by atoms with Crippen LogP contribution in [0.25, 0.3) is 5.69 Å². The molecular weight excluding hydrogens is 226 g/mol. The smallest absolute Gasteiger partial charge is 0.0594 e. The Labute approximate surface area is 86.1 Å². The van der Waals surface area contributed by atoms with E-state index in [-0.39, 0.29) is 0 Å². The molecule has 2 heteroatoms. The quantitative estimate of drug-likeness (QED) is 0.713. The van der Waals surface area contributed by atoms with Gasteiger partial charge in [-0.15, -0.1) is 0 Å². The van der Waals surface area contributed by atoms with Gasteiger partial charge >= 0.3 is 0 Å². The van der Waals surface area contributed by atoms with Crippen molar-refractivity contribution in [1.82, 2.24) is 4.57 Å². The number of halogens is 1. The predicted octanol–water partition coefficient (Wildman–Crippen LogP) is 3.55. The van der Waals surface area contributed by atoms with Crippen molar-refractivity contribution in [1.29, 1.82) is 0 Å². The molecule has 0 bridgehead atoms. The zero-order valence-corrected chi connectivity index (χ0v) is 8.95. The third-order valence-electron chi connectivity index (χ3n) is 2.05. The Kier molecular flexibility index (Phi) is 2.23. The van der Waals surface area contributed by atoms with Crippen LogP contribution in [0.3, 0.4) is 0 Å². The van der Waals surface area contributed by atoms with Gasteiger partial charge in [0.1, 0.15) is 0 Å². The van der Waals surface area contributed by atoms with Crippen LogP contribution in [0.2, 0.25) is 0 Å². The van der Waals surface area contributed by atoms with Crippen LogP contribution < -0.4 is 0 Å². The van der Waals surface area contributed by atoms with Gasteiger partial charge in [-0.05, 0) is 46.6 Å². The van der Waals surface area contributed by atoms with Gasteiger partial charge in [-0.3, -0.25) is 0 Å². The number of aryl methyl sites for hydroxylation is 1. The summed E-state index contributed by atoms with van der Waals surface area (Å²) >= 11 is 3.58. The topological polar surface area (TPSA) is 4.93 Å². The van der Waals surface area contributed by atoms with Gasteiger partial charge in [0.2, 0.25) is 0 Å². The standard InChI is InChI=1S/C11H10BrN/c1-9-5-4-6-10(11(9)12)13-7-2-3-8-13/h2-8H,1H3. The van der Waals surface area contributed by atoms with Gasteiger partial charge in [0.25, 0.3) is 0 Å². The fraction of sp³-hybridized carbons (Fsp3) is 0.0909. The second-order valence-electron chi connectivity index (χ2n) is 3.00. The maximum atomic E-state index is 3.58. The lowest BCUT2D eigenvalue weighted by Gasteiger charge is -2.07. The summed E-state index contributed by atoms with van der Waals surface area (Å²) < 4.78 is 3.25. The van der Waals surface area contributed by atoms with E-state index < -0.39 is 0 Å². The summed E-state index contributed by atoms with van der Waals surface area (Å²) in [5, 5.41) is 0. The molecule has 0 aliphatic rings. The largest absolute Gasteiger partial charge is 0.323 e. The number of rotatable bonds is 1. The molecule has 2 rings (SSSR count). The first-order valence-corrected chi connectivity index (χ1v) is 4.97. The fourth-order valence-corrected chi connectivity index (χ4v) is 1.80. The highest BCUT2D eigenvalue weighted by Crippen LogP contribution is 2.24. The number of hydrogen-bond acceptors (Lipinski definition) is 0. The number of aromatic nitrogens is 1. The second-order valence-corrected chi connectivity index (χ2v) is 3.79. The molecule has 0 spiro atoms. The van der Waals surface area contributed by atoms with Crippen molar-refractivity contribution in [3.8, 4) is 5.69 Å². The van der Waals surface area contributed by atoms with Gasteiger partial charge in [0.05, 0.1) is 5.69 Å². The van der Waals surface area contributed by atoms with Gasteiger partial charge < -0.3 is 4.57 Å². The summed E-state index contributed by atoms with van der Waals surface area (Å²) in [5.74, 6) is 0. The molecule has 1 nitrogen and oxygen atoms in total. The van der Waals surface area contributed by atoms with Crippen LogP contribution in [0.1, 0.15) is 5.56 Å². The van der Waals surface area contributed by atoms with Gasteiger partial charge in [0, 0.05) is 16.9 Å². The maximum absolute atomic E-state index is 3.58. The average molecular weight is 236 g/mol. The van der Waals surface area contributed by atoms with Crippen molar-refractivity contribution < 1.29 is 0 Å². The minimum absolute atomic E-state index is 1.16. The molecule has 0 amide bonds. The summed E-state index contributed by atoms with van der Waals surface area (Å²) in [7, 11) is 0. The third-order valence-corrected chi connectivity index (χ3v) is 3.09. The molecule has 0 saturated carbocycles. The molecule has 13 heavy (non-hydrogen) atoms. The molecule has 2 aromatic rings. The SMILES string of the molecule is Cc1cccc(-n2cccc2)c1Br. The van der Waals surface area contributed by atoms with E-state index in [4.69, 9.17) is 0 Å². The minimum atomic E-state index is 1.16. The van der Waals surface area contributed by atoms with Crippen LogP contribution in [0.4, 0.5) is 0 Å². The Morgan fingerprint density at radius 3 is 2.46 bits per heavy atom. The van der Waals surface area contributed by atoms with Crippen LogP contribution in [0.15, 0.2) is 47.2 Å². The van der Waals surface area contributed by atoms with Gasteiger partial charge in [-0.25, -0.2) is 0 Å². The molecule has 0 aliphatic carbocycles.